The molecule has 0 radical (unpaired) electrons. The molecular formula is C18H26O2. The predicted octanol–water partition coefficient (Wildman–Crippen LogP) is 4.88. The topological polar surface area (TPSA) is 26.3 Å². The Morgan fingerprint density at radius 2 is 1.95 bits per heavy atom. The number of hydrogen-bond donors (Lipinski definition) is 0. The molecule has 2 heteroatoms. The number of carbonyl (C=O) groups excluding carboxylic acids is 1. The molecule has 0 N–H and O–H groups in total. The average Bonchev–Trinajstić information content (AvgIpc) is 2.46. The second kappa shape index (κ2) is 9.35. The van der Waals surface area contributed by atoms with Crippen LogP contribution in [-0.4, -0.2) is 12.4 Å². The largest absolute Gasteiger partial charge is 0.493 e. The standard InChI is InChI=1S/C18H26O2/c1-4-6-7-16(5-2)14-20-18-12-10-17(11-13-18)9-8-15(3)19/h8-13,16H,4-7,14H2,1-3H3/b9-8+. The first-order valence-electron chi connectivity index (χ1n) is 7.57. The van der Waals surface area contributed by atoms with Gasteiger partial charge in [0.2, 0.25) is 0 Å². The van der Waals surface area contributed by atoms with Gasteiger partial charge >= 0.3 is 0 Å². The molecule has 0 saturated heterocycles. The minimum atomic E-state index is 0.0621. The number of benzene rings is 1. The molecule has 1 rings (SSSR count). The van der Waals surface area contributed by atoms with E-state index in [9.17, 15) is 4.79 Å². The molecule has 20 heavy (non-hydrogen) atoms. The molecule has 0 aliphatic heterocycles. The Balaban J connectivity index is 2.46. The Morgan fingerprint density at radius 3 is 2.50 bits per heavy atom. The van der Waals surface area contributed by atoms with E-state index < -0.39 is 0 Å². The van der Waals surface area contributed by atoms with E-state index in [1.165, 1.54) is 25.7 Å². The van der Waals surface area contributed by atoms with Crippen molar-refractivity contribution in [2.75, 3.05) is 6.61 Å². The normalized spacial score (nSPS) is 12.6. The van der Waals surface area contributed by atoms with Crippen molar-refractivity contribution in [2.45, 2.75) is 46.5 Å². The summed E-state index contributed by atoms with van der Waals surface area (Å²) in [5, 5.41) is 0. The van der Waals surface area contributed by atoms with Gasteiger partial charge in [-0.1, -0.05) is 51.3 Å². The number of carbonyl (C=O) groups is 1. The van der Waals surface area contributed by atoms with E-state index in [4.69, 9.17) is 4.74 Å². The molecule has 1 unspecified atom stereocenters. The highest BCUT2D eigenvalue weighted by molar-refractivity contribution is 5.91. The lowest BCUT2D eigenvalue weighted by Gasteiger charge is -2.15. The van der Waals surface area contributed by atoms with Crippen molar-refractivity contribution in [3.63, 3.8) is 0 Å². The number of ketones is 1. The van der Waals surface area contributed by atoms with E-state index in [-0.39, 0.29) is 5.78 Å². The molecule has 0 aliphatic carbocycles. The van der Waals surface area contributed by atoms with Crippen LogP contribution in [-0.2, 0) is 4.79 Å². The van der Waals surface area contributed by atoms with Crippen molar-refractivity contribution in [3.8, 4) is 5.75 Å². The van der Waals surface area contributed by atoms with Crippen LogP contribution in [0.4, 0.5) is 0 Å². The highest BCUT2D eigenvalue weighted by atomic mass is 16.5. The van der Waals surface area contributed by atoms with Gasteiger partial charge in [0.1, 0.15) is 5.75 Å². The maximum Gasteiger partial charge on any atom is 0.152 e. The van der Waals surface area contributed by atoms with Crippen LogP contribution in [0.3, 0.4) is 0 Å². The maximum atomic E-state index is 10.9. The first-order valence-corrected chi connectivity index (χ1v) is 7.57. The number of rotatable bonds is 9. The number of allylic oxidation sites excluding steroid dienone is 1. The summed E-state index contributed by atoms with van der Waals surface area (Å²) in [4.78, 5) is 10.9. The lowest BCUT2D eigenvalue weighted by Crippen LogP contribution is -2.11. The Labute approximate surface area is 122 Å². The monoisotopic (exact) mass is 274 g/mol. The SMILES string of the molecule is CCCCC(CC)COc1ccc(/C=C/C(C)=O)cc1. The van der Waals surface area contributed by atoms with Crippen LogP contribution in [0.1, 0.15) is 52.0 Å². The second-order valence-electron chi connectivity index (χ2n) is 5.24. The van der Waals surface area contributed by atoms with Gasteiger partial charge in [-0.2, -0.15) is 0 Å². The third kappa shape index (κ3) is 6.55. The predicted molar refractivity (Wildman–Crippen MR) is 85.0 cm³/mol. The summed E-state index contributed by atoms with van der Waals surface area (Å²) in [6.45, 7) is 6.79. The highest BCUT2D eigenvalue weighted by Crippen LogP contribution is 2.17. The first-order chi connectivity index (χ1) is 9.65. The van der Waals surface area contributed by atoms with Gasteiger partial charge in [0.25, 0.3) is 0 Å². The van der Waals surface area contributed by atoms with Crippen molar-refractivity contribution in [1.82, 2.24) is 0 Å². The molecular weight excluding hydrogens is 248 g/mol. The van der Waals surface area contributed by atoms with E-state index >= 15 is 0 Å². The highest BCUT2D eigenvalue weighted by Gasteiger charge is 2.06. The fourth-order valence-electron chi connectivity index (χ4n) is 2.00. The summed E-state index contributed by atoms with van der Waals surface area (Å²) in [6.07, 6.45) is 8.33. The molecule has 2 nitrogen and oxygen atoms in total. The zero-order valence-electron chi connectivity index (χ0n) is 12.9. The molecule has 0 heterocycles. The Bertz CT molecular complexity index is 418. The van der Waals surface area contributed by atoms with Crippen LogP contribution in [0, 0.1) is 5.92 Å². The van der Waals surface area contributed by atoms with Crippen LogP contribution in [0.25, 0.3) is 6.08 Å². The smallest absolute Gasteiger partial charge is 0.152 e. The van der Waals surface area contributed by atoms with Gasteiger partial charge in [-0.05, 0) is 43.0 Å². The van der Waals surface area contributed by atoms with Gasteiger partial charge < -0.3 is 4.74 Å². The van der Waals surface area contributed by atoms with E-state index in [1.807, 2.05) is 30.3 Å². The molecule has 0 bridgehead atoms. The van der Waals surface area contributed by atoms with Gasteiger partial charge in [-0.15, -0.1) is 0 Å². The van der Waals surface area contributed by atoms with Crippen molar-refractivity contribution in [1.29, 1.82) is 0 Å². The molecule has 1 aromatic rings. The molecule has 0 fully saturated rings. The quantitative estimate of drug-likeness (QED) is 0.600. The van der Waals surface area contributed by atoms with Crippen LogP contribution < -0.4 is 4.74 Å². The van der Waals surface area contributed by atoms with Crippen LogP contribution >= 0.6 is 0 Å². The molecule has 1 atom stereocenters. The molecule has 1 aromatic carbocycles. The van der Waals surface area contributed by atoms with Gasteiger partial charge in [0.05, 0.1) is 6.61 Å². The van der Waals surface area contributed by atoms with Crippen molar-refractivity contribution >= 4 is 11.9 Å². The van der Waals surface area contributed by atoms with Gasteiger partial charge in [-0.25, -0.2) is 0 Å². The Morgan fingerprint density at radius 1 is 1.25 bits per heavy atom. The molecule has 0 saturated carbocycles. The van der Waals surface area contributed by atoms with E-state index in [1.54, 1.807) is 13.0 Å². The third-order valence-corrected chi connectivity index (χ3v) is 3.42. The first kappa shape index (κ1) is 16.5. The number of ether oxygens (including phenoxy) is 1. The third-order valence-electron chi connectivity index (χ3n) is 3.42. The summed E-state index contributed by atoms with van der Waals surface area (Å²) >= 11 is 0. The Kier molecular flexibility index (Phi) is 7.71. The fraction of sp³-hybridized carbons (Fsp3) is 0.500. The van der Waals surface area contributed by atoms with Crippen molar-refractivity contribution in [3.05, 3.63) is 35.9 Å². The van der Waals surface area contributed by atoms with Crippen LogP contribution in [0.2, 0.25) is 0 Å². The summed E-state index contributed by atoms with van der Waals surface area (Å²) in [5.74, 6) is 1.61. The lowest BCUT2D eigenvalue weighted by atomic mass is 10.0. The molecule has 0 spiro atoms. The van der Waals surface area contributed by atoms with Crippen LogP contribution in [0.5, 0.6) is 5.75 Å². The van der Waals surface area contributed by atoms with E-state index in [0.717, 1.165) is 17.9 Å². The van der Waals surface area contributed by atoms with Crippen molar-refractivity contribution < 1.29 is 9.53 Å². The molecule has 0 aromatic heterocycles. The van der Waals surface area contributed by atoms with E-state index in [2.05, 4.69) is 13.8 Å². The van der Waals surface area contributed by atoms with Gasteiger partial charge in [0, 0.05) is 0 Å². The summed E-state index contributed by atoms with van der Waals surface area (Å²) in [6, 6.07) is 7.88. The molecule has 0 aliphatic rings. The fourth-order valence-corrected chi connectivity index (χ4v) is 2.00. The van der Waals surface area contributed by atoms with E-state index in [0.29, 0.717) is 5.92 Å². The summed E-state index contributed by atoms with van der Waals surface area (Å²) < 4.78 is 5.85. The second-order valence-corrected chi connectivity index (χ2v) is 5.24. The summed E-state index contributed by atoms with van der Waals surface area (Å²) in [5.41, 5.74) is 1.02. The minimum absolute atomic E-state index is 0.0621. The van der Waals surface area contributed by atoms with Crippen molar-refractivity contribution in [2.24, 2.45) is 5.92 Å². The van der Waals surface area contributed by atoms with Crippen LogP contribution in [0.15, 0.2) is 30.3 Å². The Hall–Kier alpha value is -1.57. The minimum Gasteiger partial charge on any atom is -0.493 e. The average molecular weight is 274 g/mol. The van der Waals surface area contributed by atoms with Gasteiger partial charge in [0.15, 0.2) is 5.78 Å². The summed E-state index contributed by atoms with van der Waals surface area (Å²) in [7, 11) is 0. The number of hydrogen-bond acceptors (Lipinski definition) is 2. The molecule has 110 valence electrons. The molecule has 0 amide bonds. The lowest BCUT2D eigenvalue weighted by molar-refractivity contribution is -0.112. The maximum absolute atomic E-state index is 10.9. The number of unbranched alkanes of at least 4 members (excludes halogenated alkanes) is 1. The zero-order valence-corrected chi connectivity index (χ0v) is 12.9. The van der Waals surface area contributed by atoms with Gasteiger partial charge in [-0.3, -0.25) is 4.79 Å². The zero-order chi connectivity index (χ0) is 14.8.